The number of rotatable bonds is 6. The van der Waals surface area contributed by atoms with Gasteiger partial charge in [0.25, 0.3) is 0 Å². The summed E-state index contributed by atoms with van der Waals surface area (Å²) in [7, 11) is -0.854. The van der Waals surface area contributed by atoms with Crippen LogP contribution < -0.4 is 5.32 Å². The molecule has 94 valence electrons. The van der Waals surface area contributed by atoms with Crippen molar-refractivity contribution in [2.75, 3.05) is 18.1 Å². The first-order valence-corrected chi connectivity index (χ1v) is 6.88. The third-order valence-corrected chi connectivity index (χ3v) is 3.85. The van der Waals surface area contributed by atoms with Gasteiger partial charge in [0.05, 0.1) is 17.4 Å². The van der Waals surface area contributed by atoms with Crippen molar-refractivity contribution in [3.63, 3.8) is 0 Å². The molecule has 0 bridgehead atoms. The van der Waals surface area contributed by atoms with E-state index in [-0.39, 0.29) is 10.8 Å². The molecular formula is C11H16N2O3S. The molecule has 1 aromatic rings. The molecule has 2 atom stereocenters. The van der Waals surface area contributed by atoms with Crippen molar-refractivity contribution in [3.05, 3.63) is 24.0 Å². The number of aromatic nitrogens is 1. The SMILES string of the molecule is CC(CCNc1cnccc1C(=O)O)S(C)=O. The minimum Gasteiger partial charge on any atom is -0.478 e. The fraction of sp³-hybridized carbons (Fsp3) is 0.455. The summed E-state index contributed by atoms with van der Waals surface area (Å²) in [5.41, 5.74) is 0.694. The lowest BCUT2D eigenvalue weighted by atomic mass is 10.2. The van der Waals surface area contributed by atoms with Gasteiger partial charge in [0.15, 0.2) is 0 Å². The number of nitrogens with one attached hydrogen (secondary N) is 1. The summed E-state index contributed by atoms with van der Waals surface area (Å²) in [4.78, 5) is 14.8. The van der Waals surface area contributed by atoms with Crippen molar-refractivity contribution in [2.24, 2.45) is 0 Å². The van der Waals surface area contributed by atoms with Gasteiger partial charge < -0.3 is 10.4 Å². The molecule has 2 unspecified atom stereocenters. The van der Waals surface area contributed by atoms with Crippen molar-refractivity contribution < 1.29 is 14.1 Å². The van der Waals surface area contributed by atoms with E-state index in [0.717, 1.165) is 6.42 Å². The number of carboxylic acid groups (broad SMARTS) is 1. The second-order valence-corrected chi connectivity index (χ2v) is 5.55. The molecule has 0 saturated carbocycles. The highest BCUT2D eigenvalue weighted by atomic mass is 32.2. The predicted octanol–water partition coefficient (Wildman–Crippen LogP) is 1.35. The van der Waals surface area contributed by atoms with Gasteiger partial charge in [-0.3, -0.25) is 9.19 Å². The number of carboxylic acids is 1. The first-order chi connectivity index (χ1) is 8.02. The number of pyridine rings is 1. The molecular weight excluding hydrogens is 240 g/mol. The van der Waals surface area contributed by atoms with Gasteiger partial charge in [-0.05, 0) is 12.5 Å². The number of hydrogen-bond donors (Lipinski definition) is 2. The minimum atomic E-state index is -0.984. The highest BCUT2D eigenvalue weighted by Gasteiger charge is 2.10. The van der Waals surface area contributed by atoms with Crippen LogP contribution in [-0.2, 0) is 10.8 Å². The summed E-state index contributed by atoms with van der Waals surface area (Å²) >= 11 is 0. The molecule has 0 fully saturated rings. The standard InChI is InChI=1S/C11H16N2O3S/c1-8(17(2)16)3-6-13-10-7-12-5-4-9(10)11(14)15/h4-5,7-8,13H,3,6H2,1-2H3,(H,14,15). The fourth-order valence-corrected chi connectivity index (χ4v) is 1.75. The quantitative estimate of drug-likeness (QED) is 0.803. The summed E-state index contributed by atoms with van der Waals surface area (Å²) in [6.45, 7) is 2.48. The fourth-order valence-electron chi connectivity index (χ4n) is 1.30. The van der Waals surface area contributed by atoms with E-state index >= 15 is 0 Å². The lowest BCUT2D eigenvalue weighted by Gasteiger charge is -2.11. The number of nitrogens with zero attached hydrogens (tertiary/aromatic N) is 1. The molecule has 0 aliphatic carbocycles. The van der Waals surface area contributed by atoms with Crippen LogP contribution in [-0.4, -0.2) is 38.3 Å². The average molecular weight is 256 g/mol. The predicted molar refractivity (Wildman–Crippen MR) is 67.8 cm³/mol. The molecule has 1 rings (SSSR count). The Morgan fingerprint density at radius 2 is 2.35 bits per heavy atom. The largest absolute Gasteiger partial charge is 0.478 e. The molecule has 0 aliphatic rings. The number of carbonyl (C=O) groups is 1. The molecule has 0 aromatic carbocycles. The van der Waals surface area contributed by atoms with Crippen molar-refractivity contribution in [1.82, 2.24) is 4.98 Å². The Morgan fingerprint density at radius 1 is 1.65 bits per heavy atom. The Morgan fingerprint density at radius 3 is 2.94 bits per heavy atom. The van der Waals surface area contributed by atoms with Crippen LogP contribution in [0.3, 0.4) is 0 Å². The first kappa shape index (κ1) is 13.6. The van der Waals surface area contributed by atoms with E-state index in [0.29, 0.717) is 12.2 Å². The summed E-state index contributed by atoms with van der Waals surface area (Å²) < 4.78 is 11.1. The molecule has 0 spiro atoms. The van der Waals surface area contributed by atoms with E-state index in [2.05, 4.69) is 10.3 Å². The second kappa shape index (κ2) is 6.34. The van der Waals surface area contributed by atoms with Gasteiger partial charge in [-0.1, -0.05) is 6.92 Å². The van der Waals surface area contributed by atoms with Crippen molar-refractivity contribution in [3.8, 4) is 0 Å². The van der Waals surface area contributed by atoms with Crippen LogP contribution in [0.25, 0.3) is 0 Å². The molecule has 0 aliphatic heterocycles. The van der Waals surface area contributed by atoms with Crippen molar-refractivity contribution in [2.45, 2.75) is 18.6 Å². The van der Waals surface area contributed by atoms with E-state index in [4.69, 9.17) is 5.11 Å². The van der Waals surface area contributed by atoms with E-state index in [1.54, 1.807) is 6.26 Å². The number of anilines is 1. The van der Waals surface area contributed by atoms with Gasteiger partial charge in [-0.15, -0.1) is 0 Å². The van der Waals surface area contributed by atoms with E-state index in [9.17, 15) is 9.00 Å². The van der Waals surface area contributed by atoms with Crippen LogP contribution in [0.4, 0.5) is 5.69 Å². The smallest absolute Gasteiger partial charge is 0.337 e. The normalized spacial score (nSPS) is 14.0. The molecule has 2 N–H and O–H groups in total. The maximum Gasteiger partial charge on any atom is 0.337 e. The van der Waals surface area contributed by atoms with Crippen LogP contribution in [0, 0.1) is 0 Å². The van der Waals surface area contributed by atoms with Gasteiger partial charge in [-0.2, -0.15) is 0 Å². The van der Waals surface area contributed by atoms with E-state index in [1.807, 2.05) is 6.92 Å². The van der Waals surface area contributed by atoms with Crippen LogP contribution >= 0.6 is 0 Å². The molecule has 0 radical (unpaired) electrons. The molecule has 1 aromatic heterocycles. The van der Waals surface area contributed by atoms with Gasteiger partial charge in [-0.25, -0.2) is 4.79 Å². The zero-order valence-electron chi connectivity index (χ0n) is 9.84. The third kappa shape index (κ3) is 4.14. The Kier molecular flexibility index (Phi) is 5.09. The highest BCUT2D eigenvalue weighted by molar-refractivity contribution is 7.84. The molecule has 0 amide bonds. The monoisotopic (exact) mass is 256 g/mol. The molecule has 5 nitrogen and oxygen atoms in total. The van der Waals surface area contributed by atoms with Gasteiger partial charge in [0.1, 0.15) is 0 Å². The van der Waals surface area contributed by atoms with E-state index < -0.39 is 16.8 Å². The Hall–Kier alpha value is -1.43. The van der Waals surface area contributed by atoms with Crippen LogP contribution in [0.1, 0.15) is 23.7 Å². The maximum absolute atomic E-state index is 11.1. The summed E-state index contributed by atoms with van der Waals surface area (Å²) in [5, 5.41) is 12.0. The van der Waals surface area contributed by atoms with Crippen molar-refractivity contribution >= 4 is 22.5 Å². The zero-order chi connectivity index (χ0) is 12.8. The highest BCUT2D eigenvalue weighted by Crippen LogP contribution is 2.13. The Bertz CT molecular complexity index is 423. The molecule has 1 heterocycles. The summed E-state index contributed by atoms with van der Waals surface area (Å²) in [5.74, 6) is -0.984. The zero-order valence-corrected chi connectivity index (χ0v) is 10.7. The van der Waals surface area contributed by atoms with Gasteiger partial charge >= 0.3 is 5.97 Å². The van der Waals surface area contributed by atoms with Crippen molar-refractivity contribution in [1.29, 1.82) is 0 Å². The third-order valence-electron chi connectivity index (χ3n) is 2.48. The summed E-state index contributed by atoms with van der Waals surface area (Å²) in [6, 6.07) is 1.45. The van der Waals surface area contributed by atoms with Crippen LogP contribution in [0.5, 0.6) is 0 Å². The second-order valence-electron chi connectivity index (χ2n) is 3.75. The lowest BCUT2D eigenvalue weighted by molar-refractivity contribution is 0.0698. The maximum atomic E-state index is 11.1. The van der Waals surface area contributed by atoms with Gasteiger partial charge in [0, 0.05) is 35.0 Å². The van der Waals surface area contributed by atoms with Gasteiger partial charge in [0.2, 0.25) is 0 Å². The first-order valence-electron chi connectivity index (χ1n) is 5.25. The van der Waals surface area contributed by atoms with Crippen LogP contribution in [0.2, 0.25) is 0 Å². The summed E-state index contributed by atoms with van der Waals surface area (Å²) in [6.07, 6.45) is 5.31. The van der Waals surface area contributed by atoms with Crippen LogP contribution in [0.15, 0.2) is 18.5 Å². The Labute approximate surface area is 103 Å². The number of hydrogen-bond acceptors (Lipinski definition) is 4. The average Bonchev–Trinajstić information content (AvgIpc) is 2.29. The molecule has 17 heavy (non-hydrogen) atoms. The number of aromatic carboxylic acids is 1. The molecule has 0 saturated heterocycles. The topological polar surface area (TPSA) is 79.3 Å². The molecule has 6 heteroatoms. The van der Waals surface area contributed by atoms with E-state index in [1.165, 1.54) is 18.5 Å². The lowest BCUT2D eigenvalue weighted by Crippen LogP contribution is -2.16. The minimum absolute atomic E-state index is 0.0902. The Balaban J connectivity index is 2.58.